The molecule has 3 aromatic carbocycles. The second-order valence-corrected chi connectivity index (χ2v) is 7.79. The van der Waals surface area contributed by atoms with Crippen LogP contribution in [-0.2, 0) is 6.54 Å². The standard InChI is InChI=1S/C23H19BrFN3O/c1-15(26-23(29)17-8-10-18(24)11-9-17)22-27-20-4-2-3-5-21(20)28(22)14-16-6-12-19(25)13-7-16/h2-13,15H,14H2,1H3,(H,26,29). The first-order valence-electron chi connectivity index (χ1n) is 9.27. The number of nitrogens with one attached hydrogen (secondary N) is 1. The van der Waals surface area contributed by atoms with E-state index in [0.717, 1.165) is 26.9 Å². The molecule has 4 nitrogen and oxygen atoms in total. The average Bonchev–Trinajstić information content (AvgIpc) is 3.09. The van der Waals surface area contributed by atoms with Crippen molar-refractivity contribution in [3.63, 3.8) is 0 Å². The SMILES string of the molecule is CC(NC(=O)c1ccc(Br)cc1)c1nc2ccccc2n1Cc1ccc(F)cc1. The van der Waals surface area contributed by atoms with Crippen molar-refractivity contribution in [1.29, 1.82) is 0 Å². The number of benzene rings is 3. The normalized spacial score (nSPS) is 12.1. The monoisotopic (exact) mass is 451 g/mol. The molecule has 6 heteroatoms. The highest BCUT2D eigenvalue weighted by atomic mass is 79.9. The van der Waals surface area contributed by atoms with Crippen molar-refractivity contribution < 1.29 is 9.18 Å². The van der Waals surface area contributed by atoms with Crippen LogP contribution in [-0.4, -0.2) is 15.5 Å². The van der Waals surface area contributed by atoms with Gasteiger partial charge in [0.15, 0.2) is 0 Å². The van der Waals surface area contributed by atoms with Crippen molar-refractivity contribution >= 4 is 32.9 Å². The van der Waals surface area contributed by atoms with Crippen molar-refractivity contribution in [2.24, 2.45) is 0 Å². The number of carbonyl (C=O) groups excluding carboxylic acids is 1. The van der Waals surface area contributed by atoms with E-state index in [1.165, 1.54) is 12.1 Å². The van der Waals surface area contributed by atoms with Gasteiger partial charge in [0, 0.05) is 16.6 Å². The Morgan fingerprint density at radius 3 is 2.48 bits per heavy atom. The number of nitrogens with zero attached hydrogens (tertiary/aromatic N) is 2. The number of fused-ring (bicyclic) bond motifs is 1. The van der Waals surface area contributed by atoms with Gasteiger partial charge in [-0.15, -0.1) is 0 Å². The van der Waals surface area contributed by atoms with E-state index < -0.39 is 0 Å². The van der Waals surface area contributed by atoms with Crippen LogP contribution < -0.4 is 5.32 Å². The molecule has 4 aromatic rings. The molecule has 1 amide bonds. The maximum Gasteiger partial charge on any atom is 0.251 e. The van der Waals surface area contributed by atoms with Crippen molar-refractivity contribution in [2.45, 2.75) is 19.5 Å². The number of carbonyl (C=O) groups is 1. The molecule has 0 saturated carbocycles. The molecular weight excluding hydrogens is 433 g/mol. The van der Waals surface area contributed by atoms with Crippen LogP contribution >= 0.6 is 15.9 Å². The summed E-state index contributed by atoms with van der Waals surface area (Å²) >= 11 is 3.38. The lowest BCUT2D eigenvalue weighted by Gasteiger charge is -2.17. The molecule has 0 saturated heterocycles. The fourth-order valence-electron chi connectivity index (χ4n) is 3.31. The van der Waals surface area contributed by atoms with Gasteiger partial charge < -0.3 is 9.88 Å². The van der Waals surface area contributed by atoms with Gasteiger partial charge in [-0.25, -0.2) is 9.37 Å². The van der Waals surface area contributed by atoms with E-state index in [-0.39, 0.29) is 17.8 Å². The van der Waals surface area contributed by atoms with E-state index in [4.69, 9.17) is 4.98 Å². The Morgan fingerprint density at radius 1 is 1.07 bits per heavy atom. The van der Waals surface area contributed by atoms with Crippen LogP contribution in [0.25, 0.3) is 11.0 Å². The Labute approximate surface area is 176 Å². The number of hydrogen-bond acceptors (Lipinski definition) is 2. The van der Waals surface area contributed by atoms with Gasteiger partial charge in [-0.1, -0.05) is 40.2 Å². The number of para-hydroxylation sites is 2. The third kappa shape index (κ3) is 4.22. The minimum atomic E-state index is -0.306. The van der Waals surface area contributed by atoms with Crippen LogP contribution in [0.4, 0.5) is 4.39 Å². The van der Waals surface area contributed by atoms with Gasteiger partial charge in [-0.3, -0.25) is 4.79 Å². The number of aromatic nitrogens is 2. The molecule has 1 atom stereocenters. The summed E-state index contributed by atoms with van der Waals surface area (Å²) in [6, 6.07) is 21.2. The minimum Gasteiger partial charge on any atom is -0.342 e. The topological polar surface area (TPSA) is 46.9 Å². The van der Waals surface area contributed by atoms with Gasteiger partial charge in [-0.05, 0) is 61.0 Å². The second-order valence-electron chi connectivity index (χ2n) is 6.87. The molecule has 0 aliphatic heterocycles. The van der Waals surface area contributed by atoms with E-state index in [1.54, 1.807) is 24.3 Å². The van der Waals surface area contributed by atoms with Gasteiger partial charge in [0.2, 0.25) is 0 Å². The molecule has 0 spiro atoms. The van der Waals surface area contributed by atoms with Crippen molar-refractivity contribution in [3.05, 3.63) is 100 Å². The number of amides is 1. The Kier molecular flexibility index (Phi) is 5.45. The van der Waals surface area contributed by atoms with Crippen LogP contribution in [0.3, 0.4) is 0 Å². The van der Waals surface area contributed by atoms with Gasteiger partial charge >= 0.3 is 0 Å². The Hall–Kier alpha value is -2.99. The maximum atomic E-state index is 13.3. The summed E-state index contributed by atoms with van der Waals surface area (Å²) in [5, 5.41) is 3.03. The molecule has 4 rings (SSSR count). The smallest absolute Gasteiger partial charge is 0.251 e. The van der Waals surface area contributed by atoms with E-state index in [2.05, 4.69) is 25.8 Å². The number of imidazole rings is 1. The summed E-state index contributed by atoms with van der Waals surface area (Å²) in [6.07, 6.45) is 0. The Bertz CT molecular complexity index is 1150. The Morgan fingerprint density at radius 2 is 1.76 bits per heavy atom. The third-order valence-electron chi connectivity index (χ3n) is 4.78. The van der Waals surface area contributed by atoms with Crippen LogP contribution in [0.15, 0.2) is 77.3 Å². The number of rotatable bonds is 5. The molecule has 1 heterocycles. The van der Waals surface area contributed by atoms with Gasteiger partial charge in [0.05, 0.1) is 17.1 Å². The molecule has 0 radical (unpaired) electrons. The van der Waals surface area contributed by atoms with Gasteiger partial charge in [-0.2, -0.15) is 0 Å². The third-order valence-corrected chi connectivity index (χ3v) is 5.31. The molecule has 1 N–H and O–H groups in total. The van der Waals surface area contributed by atoms with Crippen LogP contribution in [0.2, 0.25) is 0 Å². The molecule has 0 fully saturated rings. The molecule has 146 valence electrons. The summed E-state index contributed by atoms with van der Waals surface area (Å²) in [5.74, 6) is 0.325. The number of hydrogen-bond donors (Lipinski definition) is 1. The predicted molar refractivity (Wildman–Crippen MR) is 115 cm³/mol. The summed E-state index contributed by atoms with van der Waals surface area (Å²) in [4.78, 5) is 17.4. The van der Waals surface area contributed by atoms with E-state index in [1.807, 2.05) is 43.3 Å². The minimum absolute atomic E-state index is 0.162. The molecule has 0 aliphatic rings. The van der Waals surface area contributed by atoms with E-state index >= 15 is 0 Å². The van der Waals surface area contributed by atoms with Crippen LogP contribution in [0.5, 0.6) is 0 Å². The first kappa shape index (κ1) is 19.3. The summed E-state index contributed by atoms with van der Waals surface area (Å²) in [5.41, 5.74) is 3.37. The van der Waals surface area contributed by atoms with Gasteiger partial charge in [0.1, 0.15) is 11.6 Å². The molecule has 0 bridgehead atoms. The fraction of sp³-hybridized carbons (Fsp3) is 0.130. The van der Waals surface area contributed by atoms with Gasteiger partial charge in [0.25, 0.3) is 5.91 Å². The van der Waals surface area contributed by atoms with Crippen LogP contribution in [0.1, 0.15) is 34.7 Å². The highest BCUT2D eigenvalue weighted by Gasteiger charge is 2.19. The summed E-state index contributed by atoms with van der Waals surface area (Å²) < 4.78 is 16.3. The highest BCUT2D eigenvalue weighted by molar-refractivity contribution is 9.10. The maximum absolute atomic E-state index is 13.3. The number of halogens is 2. The molecule has 1 unspecified atom stereocenters. The fourth-order valence-corrected chi connectivity index (χ4v) is 3.57. The highest BCUT2D eigenvalue weighted by Crippen LogP contribution is 2.23. The molecular formula is C23H19BrFN3O. The largest absolute Gasteiger partial charge is 0.342 e. The first-order chi connectivity index (χ1) is 14.0. The average molecular weight is 452 g/mol. The molecule has 29 heavy (non-hydrogen) atoms. The molecule has 1 aromatic heterocycles. The molecule has 0 aliphatic carbocycles. The quantitative estimate of drug-likeness (QED) is 0.436. The zero-order valence-electron chi connectivity index (χ0n) is 15.8. The van der Waals surface area contributed by atoms with E-state index in [0.29, 0.717) is 12.1 Å². The van der Waals surface area contributed by atoms with Crippen molar-refractivity contribution in [1.82, 2.24) is 14.9 Å². The van der Waals surface area contributed by atoms with E-state index in [9.17, 15) is 9.18 Å². The first-order valence-corrected chi connectivity index (χ1v) is 10.1. The zero-order chi connectivity index (χ0) is 20.4. The lowest BCUT2D eigenvalue weighted by Crippen LogP contribution is -2.28. The Balaban J connectivity index is 1.65. The van der Waals surface area contributed by atoms with Crippen molar-refractivity contribution in [3.8, 4) is 0 Å². The second kappa shape index (κ2) is 8.17. The lowest BCUT2D eigenvalue weighted by molar-refractivity contribution is 0.0937. The van der Waals surface area contributed by atoms with Crippen LogP contribution in [0, 0.1) is 5.82 Å². The summed E-state index contributed by atoms with van der Waals surface area (Å²) in [6.45, 7) is 2.45. The van der Waals surface area contributed by atoms with Crippen molar-refractivity contribution in [2.75, 3.05) is 0 Å². The lowest BCUT2D eigenvalue weighted by atomic mass is 10.2. The predicted octanol–water partition coefficient (Wildman–Crippen LogP) is 5.48. The zero-order valence-corrected chi connectivity index (χ0v) is 17.4. The summed E-state index contributed by atoms with van der Waals surface area (Å²) in [7, 11) is 0.